The number of aromatic hydroxyl groups is 2. The Morgan fingerprint density at radius 3 is 2.56 bits per heavy atom. The van der Waals surface area contributed by atoms with E-state index in [1.54, 1.807) is 13.8 Å². The predicted molar refractivity (Wildman–Crippen MR) is 59.5 cm³/mol. The number of para-hydroxylation sites is 1. The average Bonchev–Trinajstić information content (AvgIpc) is 2.24. The van der Waals surface area contributed by atoms with E-state index in [1.807, 2.05) is 6.92 Å². The minimum Gasteiger partial charge on any atom is -0.504 e. The number of carbonyl (C=O) groups is 1. The van der Waals surface area contributed by atoms with E-state index in [0.717, 1.165) is 0 Å². The van der Waals surface area contributed by atoms with Crippen LogP contribution in [0.4, 0.5) is 0 Å². The van der Waals surface area contributed by atoms with Crippen molar-refractivity contribution in [2.24, 2.45) is 5.41 Å². The molecule has 1 rings (SSSR count). The zero-order chi connectivity index (χ0) is 12.3. The molecule has 0 aliphatic carbocycles. The van der Waals surface area contributed by atoms with Crippen LogP contribution in [-0.2, 0) is 4.79 Å². The van der Waals surface area contributed by atoms with E-state index in [4.69, 9.17) is 4.74 Å². The molecule has 0 bridgehead atoms. The Labute approximate surface area is 94.5 Å². The van der Waals surface area contributed by atoms with E-state index in [9.17, 15) is 15.0 Å². The van der Waals surface area contributed by atoms with Gasteiger partial charge in [-0.2, -0.15) is 0 Å². The van der Waals surface area contributed by atoms with Crippen molar-refractivity contribution in [2.45, 2.75) is 27.2 Å². The van der Waals surface area contributed by atoms with Gasteiger partial charge >= 0.3 is 5.97 Å². The summed E-state index contributed by atoms with van der Waals surface area (Å²) in [4.78, 5) is 11.7. The maximum Gasteiger partial charge on any atom is 0.317 e. The molecule has 2 N–H and O–H groups in total. The Bertz CT molecular complexity index is 396. The molecule has 0 spiro atoms. The van der Waals surface area contributed by atoms with Crippen molar-refractivity contribution in [3.05, 3.63) is 18.2 Å². The Morgan fingerprint density at radius 1 is 1.38 bits per heavy atom. The molecular formula is C12H16O4. The van der Waals surface area contributed by atoms with Gasteiger partial charge in [0.1, 0.15) is 0 Å². The smallest absolute Gasteiger partial charge is 0.317 e. The molecule has 0 aliphatic heterocycles. The van der Waals surface area contributed by atoms with Gasteiger partial charge in [0.2, 0.25) is 5.75 Å². The first-order chi connectivity index (χ1) is 7.38. The third-order valence-electron chi connectivity index (χ3n) is 2.62. The molecule has 0 heterocycles. The van der Waals surface area contributed by atoms with E-state index >= 15 is 0 Å². The summed E-state index contributed by atoms with van der Waals surface area (Å²) in [5.41, 5.74) is -0.613. The summed E-state index contributed by atoms with van der Waals surface area (Å²) in [6, 6.07) is 4.24. The second-order valence-corrected chi connectivity index (χ2v) is 4.25. The lowest BCUT2D eigenvalue weighted by molar-refractivity contribution is -0.144. The number of carbonyl (C=O) groups excluding carboxylic acids is 1. The van der Waals surface area contributed by atoms with Crippen molar-refractivity contribution >= 4 is 5.97 Å². The minimum absolute atomic E-state index is 0.0217. The molecule has 4 heteroatoms. The van der Waals surface area contributed by atoms with Crippen LogP contribution in [0, 0.1) is 5.41 Å². The summed E-state index contributed by atoms with van der Waals surface area (Å²) in [5.74, 6) is -1.18. The predicted octanol–water partition coefficient (Wildman–Crippen LogP) is 2.44. The lowest BCUT2D eigenvalue weighted by Gasteiger charge is -2.20. The van der Waals surface area contributed by atoms with Crippen molar-refractivity contribution in [2.75, 3.05) is 0 Å². The number of esters is 1. The zero-order valence-corrected chi connectivity index (χ0v) is 9.65. The number of benzene rings is 1. The third kappa shape index (κ3) is 2.45. The molecule has 0 radical (unpaired) electrons. The maximum absolute atomic E-state index is 11.7. The Hall–Kier alpha value is -1.71. The molecule has 0 amide bonds. The maximum atomic E-state index is 11.7. The van der Waals surface area contributed by atoms with Crippen molar-refractivity contribution in [3.63, 3.8) is 0 Å². The van der Waals surface area contributed by atoms with E-state index in [0.29, 0.717) is 6.42 Å². The van der Waals surface area contributed by atoms with Gasteiger partial charge in [0.15, 0.2) is 11.5 Å². The highest BCUT2D eigenvalue weighted by Crippen LogP contribution is 2.36. The number of hydrogen-bond donors (Lipinski definition) is 2. The fraction of sp³-hybridized carbons (Fsp3) is 0.417. The molecule has 0 unspecified atom stereocenters. The van der Waals surface area contributed by atoms with Gasteiger partial charge in [-0.25, -0.2) is 0 Å². The van der Waals surface area contributed by atoms with Gasteiger partial charge in [-0.05, 0) is 32.4 Å². The first-order valence-electron chi connectivity index (χ1n) is 5.11. The molecule has 16 heavy (non-hydrogen) atoms. The van der Waals surface area contributed by atoms with E-state index < -0.39 is 17.1 Å². The summed E-state index contributed by atoms with van der Waals surface area (Å²) >= 11 is 0. The summed E-state index contributed by atoms with van der Waals surface area (Å²) in [7, 11) is 0. The second kappa shape index (κ2) is 4.43. The third-order valence-corrected chi connectivity index (χ3v) is 2.62. The lowest BCUT2D eigenvalue weighted by atomic mass is 9.91. The summed E-state index contributed by atoms with van der Waals surface area (Å²) < 4.78 is 5.03. The Morgan fingerprint density at radius 2 is 2.00 bits per heavy atom. The monoisotopic (exact) mass is 224 g/mol. The van der Waals surface area contributed by atoms with Crippen molar-refractivity contribution in [3.8, 4) is 17.2 Å². The molecule has 1 aromatic carbocycles. The number of rotatable bonds is 3. The molecule has 0 fully saturated rings. The number of phenols is 2. The van der Waals surface area contributed by atoms with Crippen LogP contribution in [0.15, 0.2) is 18.2 Å². The highest BCUT2D eigenvalue weighted by atomic mass is 16.5. The lowest BCUT2D eigenvalue weighted by Crippen LogP contribution is -2.28. The van der Waals surface area contributed by atoms with E-state index in [-0.39, 0.29) is 11.5 Å². The van der Waals surface area contributed by atoms with Crippen LogP contribution < -0.4 is 4.74 Å². The SMILES string of the molecule is CCC(C)(C)C(=O)Oc1cccc(O)c1O. The minimum atomic E-state index is -0.613. The highest BCUT2D eigenvalue weighted by molar-refractivity contribution is 5.79. The summed E-state index contributed by atoms with van der Waals surface area (Å²) in [6.07, 6.45) is 0.630. The van der Waals surface area contributed by atoms with Crippen LogP contribution in [-0.4, -0.2) is 16.2 Å². The van der Waals surface area contributed by atoms with Crippen molar-refractivity contribution in [1.82, 2.24) is 0 Å². The topological polar surface area (TPSA) is 66.8 Å². The molecule has 1 aromatic rings. The molecule has 0 aliphatic rings. The molecular weight excluding hydrogens is 208 g/mol. The molecule has 4 nitrogen and oxygen atoms in total. The molecule has 0 saturated carbocycles. The van der Waals surface area contributed by atoms with Crippen LogP contribution in [0.2, 0.25) is 0 Å². The molecule has 88 valence electrons. The standard InChI is InChI=1S/C12H16O4/c1-4-12(2,3)11(15)16-9-7-5-6-8(13)10(9)14/h5-7,13-14H,4H2,1-3H3. The number of phenolic OH excluding ortho intramolecular Hbond substituents is 2. The van der Waals surface area contributed by atoms with Crippen molar-refractivity contribution < 1.29 is 19.7 Å². The fourth-order valence-electron chi connectivity index (χ4n) is 0.975. The first-order valence-corrected chi connectivity index (χ1v) is 5.11. The average molecular weight is 224 g/mol. The van der Waals surface area contributed by atoms with Crippen LogP contribution in [0.5, 0.6) is 17.2 Å². The Balaban J connectivity index is 2.90. The normalized spacial score (nSPS) is 11.2. The fourth-order valence-corrected chi connectivity index (χ4v) is 0.975. The number of ether oxygens (including phenoxy) is 1. The van der Waals surface area contributed by atoms with Crippen LogP contribution in [0.1, 0.15) is 27.2 Å². The zero-order valence-electron chi connectivity index (χ0n) is 9.65. The number of hydrogen-bond acceptors (Lipinski definition) is 4. The van der Waals surface area contributed by atoms with Crippen LogP contribution in [0.3, 0.4) is 0 Å². The summed E-state index contributed by atoms with van der Waals surface area (Å²) in [6.45, 7) is 5.40. The van der Waals surface area contributed by atoms with Crippen molar-refractivity contribution in [1.29, 1.82) is 0 Å². The second-order valence-electron chi connectivity index (χ2n) is 4.25. The molecule has 0 saturated heterocycles. The highest BCUT2D eigenvalue weighted by Gasteiger charge is 2.28. The van der Waals surface area contributed by atoms with Gasteiger partial charge in [-0.1, -0.05) is 13.0 Å². The van der Waals surface area contributed by atoms with Gasteiger partial charge in [-0.15, -0.1) is 0 Å². The van der Waals surface area contributed by atoms with Gasteiger partial charge in [0.25, 0.3) is 0 Å². The molecule has 0 atom stereocenters. The van der Waals surface area contributed by atoms with Gasteiger partial charge in [0.05, 0.1) is 5.41 Å². The molecule has 0 aromatic heterocycles. The Kier molecular flexibility index (Phi) is 3.42. The van der Waals surface area contributed by atoms with E-state index in [1.165, 1.54) is 18.2 Å². The van der Waals surface area contributed by atoms with Crippen LogP contribution >= 0.6 is 0 Å². The van der Waals surface area contributed by atoms with Crippen LogP contribution in [0.25, 0.3) is 0 Å². The quantitative estimate of drug-likeness (QED) is 0.470. The first kappa shape index (κ1) is 12.4. The van der Waals surface area contributed by atoms with E-state index in [2.05, 4.69) is 0 Å². The van der Waals surface area contributed by atoms with Gasteiger partial charge in [-0.3, -0.25) is 4.79 Å². The largest absolute Gasteiger partial charge is 0.504 e. The van der Waals surface area contributed by atoms with Gasteiger partial charge in [0, 0.05) is 0 Å². The summed E-state index contributed by atoms with van der Waals surface area (Å²) in [5, 5.41) is 18.7. The van der Waals surface area contributed by atoms with Gasteiger partial charge < -0.3 is 14.9 Å².